The molecule has 1 heterocycles. The van der Waals surface area contributed by atoms with Gasteiger partial charge in [0.15, 0.2) is 18.7 Å². The molecule has 2 heteroatoms. The van der Waals surface area contributed by atoms with E-state index < -0.39 is 0 Å². The third-order valence-corrected chi connectivity index (χ3v) is 1.81. The second kappa shape index (κ2) is 6.49. The Balaban J connectivity index is 0.000000162. The van der Waals surface area contributed by atoms with Crippen LogP contribution in [0.1, 0.15) is 10.4 Å². The Morgan fingerprint density at radius 1 is 0.933 bits per heavy atom. The maximum Gasteiger partial charge on any atom is 0.169 e. The van der Waals surface area contributed by atoms with Gasteiger partial charge in [0, 0.05) is 17.7 Å². The quantitative estimate of drug-likeness (QED) is 0.509. The van der Waals surface area contributed by atoms with Crippen molar-refractivity contribution in [2.45, 2.75) is 0 Å². The van der Waals surface area contributed by atoms with E-state index in [1.807, 2.05) is 60.4 Å². The van der Waals surface area contributed by atoms with Crippen LogP contribution in [-0.2, 0) is 7.05 Å². The molecule has 2 rings (SSSR count). The lowest BCUT2D eigenvalue weighted by Crippen LogP contribution is -2.25. The van der Waals surface area contributed by atoms with E-state index >= 15 is 0 Å². The molecule has 0 N–H and O–H groups in total. The van der Waals surface area contributed by atoms with E-state index in [1.165, 1.54) is 0 Å². The molecular formula is C13H14NO+. The lowest BCUT2D eigenvalue weighted by atomic mass is 10.3. The van der Waals surface area contributed by atoms with Gasteiger partial charge in [0.2, 0.25) is 0 Å². The van der Waals surface area contributed by atoms with Crippen molar-refractivity contribution in [3.63, 3.8) is 0 Å². The number of rotatable bonds is 1. The monoisotopic (exact) mass is 200 g/mol. The molecule has 76 valence electrons. The maximum atomic E-state index is 10.1. The van der Waals surface area contributed by atoms with Crippen LogP contribution in [0.25, 0.3) is 0 Å². The molecule has 0 amide bonds. The first-order valence-corrected chi connectivity index (χ1v) is 4.73. The van der Waals surface area contributed by atoms with Gasteiger partial charge in [-0.3, -0.25) is 4.79 Å². The van der Waals surface area contributed by atoms with Crippen molar-refractivity contribution in [3.05, 3.63) is 66.5 Å². The molecule has 0 aliphatic rings. The molecular weight excluding hydrogens is 186 g/mol. The molecule has 0 saturated heterocycles. The van der Waals surface area contributed by atoms with Gasteiger partial charge in [-0.15, -0.1) is 0 Å². The van der Waals surface area contributed by atoms with Crippen LogP contribution in [0, 0.1) is 0 Å². The van der Waals surface area contributed by atoms with Gasteiger partial charge < -0.3 is 0 Å². The molecule has 2 aromatic rings. The smallest absolute Gasteiger partial charge is 0.169 e. The predicted molar refractivity (Wildman–Crippen MR) is 59.4 cm³/mol. The Hall–Kier alpha value is -1.96. The van der Waals surface area contributed by atoms with Crippen molar-refractivity contribution in [2.75, 3.05) is 0 Å². The van der Waals surface area contributed by atoms with Crippen molar-refractivity contribution < 1.29 is 9.36 Å². The van der Waals surface area contributed by atoms with Gasteiger partial charge >= 0.3 is 0 Å². The summed E-state index contributed by atoms with van der Waals surface area (Å²) in [7, 11) is 1.91. The van der Waals surface area contributed by atoms with E-state index in [-0.39, 0.29) is 0 Å². The number of carbonyl (C=O) groups is 1. The molecule has 0 unspecified atom stereocenters. The van der Waals surface area contributed by atoms with Crippen molar-refractivity contribution >= 4 is 6.29 Å². The molecule has 0 spiro atoms. The lowest BCUT2D eigenvalue weighted by Gasteiger charge is -1.84. The number of hydrogen-bond acceptors (Lipinski definition) is 1. The van der Waals surface area contributed by atoms with E-state index in [2.05, 4.69) is 0 Å². The highest BCUT2D eigenvalue weighted by Crippen LogP contribution is 1.86. The minimum Gasteiger partial charge on any atom is -0.298 e. The van der Waals surface area contributed by atoms with Crippen molar-refractivity contribution in [3.8, 4) is 0 Å². The summed E-state index contributed by atoms with van der Waals surface area (Å²) in [6.07, 6.45) is 4.51. The summed E-state index contributed by atoms with van der Waals surface area (Å²) in [6.45, 7) is 0. The summed E-state index contributed by atoms with van der Waals surface area (Å²) in [6, 6.07) is 15.5. The number of carbonyl (C=O) groups excluding carboxylic acids is 1. The van der Waals surface area contributed by atoms with Crippen LogP contribution in [0.15, 0.2) is 60.9 Å². The Morgan fingerprint density at radius 2 is 1.33 bits per heavy atom. The van der Waals surface area contributed by atoms with Crippen LogP contribution in [-0.4, -0.2) is 6.29 Å². The zero-order valence-corrected chi connectivity index (χ0v) is 8.71. The van der Waals surface area contributed by atoms with Crippen LogP contribution in [0.4, 0.5) is 0 Å². The first-order valence-electron chi connectivity index (χ1n) is 4.73. The lowest BCUT2D eigenvalue weighted by molar-refractivity contribution is -0.671. The fourth-order valence-electron chi connectivity index (χ4n) is 0.976. The molecule has 0 atom stereocenters. The number of aryl methyl sites for hydroxylation is 1. The molecule has 0 saturated carbocycles. The number of pyridine rings is 1. The first-order chi connectivity index (χ1) is 7.33. The van der Waals surface area contributed by atoms with Gasteiger partial charge in [-0.1, -0.05) is 36.4 Å². The Labute approximate surface area is 89.8 Å². The van der Waals surface area contributed by atoms with Gasteiger partial charge in [-0.25, -0.2) is 4.57 Å². The molecule has 0 radical (unpaired) electrons. The standard InChI is InChI=1S/C7H8NO.C6H6/c1-8-4-2-7(6-9)3-5-8;1-2-4-6-5-3-1/h2-6H,1H3;1-6H/q+1;. The maximum absolute atomic E-state index is 10.1. The SMILES string of the molecule is C[n+]1ccc(C=O)cc1.c1ccccc1. The molecule has 2 nitrogen and oxygen atoms in total. The largest absolute Gasteiger partial charge is 0.298 e. The molecule has 0 fully saturated rings. The average molecular weight is 200 g/mol. The van der Waals surface area contributed by atoms with Gasteiger partial charge in [0.05, 0.1) is 0 Å². The predicted octanol–water partition coefficient (Wildman–Crippen LogP) is 2.01. The minimum atomic E-state index is 0.716. The zero-order valence-electron chi connectivity index (χ0n) is 8.71. The van der Waals surface area contributed by atoms with Gasteiger partial charge in [-0.2, -0.15) is 0 Å². The average Bonchev–Trinajstić information content (AvgIpc) is 2.33. The van der Waals surface area contributed by atoms with Gasteiger partial charge in [-0.05, 0) is 0 Å². The van der Waals surface area contributed by atoms with E-state index in [4.69, 9.17) is 0 Å². The Kier molecular flexibility index (Phi) is 4.81. The Bertz CT molecular complexity index is 354. The number of aldehydes is 1. The highest BCUT2D eigenvalue weighted by molar-refractivity contribution is 5.73. The summed E-state index contributed by atoms with van der Waals surface area (Å²) in [5, 5.41) is 0. The fourth-order valence-corrected chi connectivity index (χ4v) is 0.976. The van der Waals surface area contributed by atoms with Crippen molar-refractivity contribution in [1.82, 2.24) is 0 Å². The summed E-state index contributed by atoms with van der Waals surface area (Å²) in [5.41, 5.74) is 0.716. The topological polar surface area (TPSA) is 20.9 Å². The normalized spacial score (nSPS) is 8.60. The van der Waals surface area contributed by atoms with Gasteiger partial charge in [0.1, 0.15) is 7.05 Å². The number of benzene rings is 1. The van der Waals surface area contributed by atoms with Crippen molar-refractivity contribution in [1.29, 1.82) is 0 Å². The number of nitrogens with zero attached hydrogens (tertiary/aromatic N) is 1. The summed E-state index contributed by atoms with van der Waals surface area (Å²) in [4.78, 5) is 10.1. The van der Waals surface area contributed by atoms with Crippen LogP contribution in [0.2, 0.25) is 0 Å². The van der Waals surface area contributed by atoms with Crippen LogP contribution in [0.3, 0.4) is 0 Å². The van der Waals surface area contributed by atoms with E-state index in [0.717, 1.165) is 6.29 Å². The molecule has 0 aliphatic heterocycles. The molecule has 0 bridgehead atoms. The highest BCUT2D eigenvalue weighted by Gasteiger charge is 1.90. The van der Waals surface area contributed by atoms with Gasteiger partial charge in [0.25, 0.3) is 0 Å². The minimum absolute atomic E-state index is 0.716. The van der Waals surface area contributed by atoms with Crippen molar-refractivity contribution in [2.24, 2.45) is 7.05 Å². The molecule has 15 heavy (non-hydrogen) atoms. The third kappa shape index (κ3) is 4.72. The third-order valence-electron chi connectivity index (χ3n) is 1.81. The molecule has 1 aromatic heterocycles. The second-order valence-electron chi connectivity index (χ2n) is 3.07. The van der Waals surface area contributed by atoms with Crippen LogP contribution >= 0.6 is 0 Å². The highest BCUT2D eigenvalue weighted by atomic mass is 16.1. The summed E-state index contributed by atoms with van der Waals surface area (Å²) in [5.74, 6) is 0. The summed E-state index contributed by atoms with van der Waals surface area (Å²) >= 11 is 0. The molecule has 0 aliphatic carbocycles. The summed E-state index contributed by atoms with van der Waals surface area (Å²) < 4.78 is 1.88. The van der Waals surface area contributed by atoms with E-state index in [0.29, 0.717) is 5.56 Å². The number of aromatic nitrogens is 1. The van der Waals surface area contributed by atoms with Crippen LogP contribution in [0.5, 0.6) is 0 Å². The van der Waals surface area contributed by atoms with E-state index in [1.54, 1.807) is 12.1 Å². The Morgan fingerprint density at radius 3 is 1.67 bits per heavy atom. The van der Waals surface area contributed by atoms with E-state index in [9.17, 15) is 4.79 Å². The second-order valence-corrected chi connectivity index (χ2v) is 3.07. The number of hydrogen-bond donors (Lipinski definition) is 0. The fraction of sp³-hybridized carbons (Fsp3) is 0.0769. The zero-order chi connectivity index (χ0) is 10.9. The molecule has 1 aromatic carbocycles. The van der Waals surface area contributed by atoms with Crippen LogP contribution < -0.4 is 4.57 Å². The first kappa shape index (κ1) is 11.1.